The first kappa shape index (κ1) is 21.3. The summed E-state index contributed by atoms with van der Waals surface area (Å²) in [6, 6.07) is 11.3. The van der Waals surface area contributed by atoms with Crippen molar-refractivity contribution in [2.75, 3.05) is 23.9 Å². The van der Waals surface area contributed by atoms with Gasteiger partial charge in [-0.05, 0) is 62.2 Å². The van der Waals surface area contributed by atoms with E-state index in [-0.39, 0.29) is 23.2 Å². The SMILES string of the molecule is CCOCC(C)OC(=O)c1ccc(N2C(=O)CSC2c2ccc(F)cc2)c(C)c1. The summed E-state index contributed by atoms with van der Waals surface area (Å²) < 4.78 is 23.9. The molecule has 3 rings (SSSR count). The standard InChI is InChI=1S/C22H24FNO4S/c1-4-27-12-15(3)28-22(26)17-7-10-19(14(2)11-17)24-20(25)13-29-21(24)16-5-8-18(23)9-6-16/h5-11,15,21H,4,12-13H2,1-3H3. The average molecular weight is 418 g/mol. The molecule has 2 aromatic rings. The quantitative estimate of drug-likeness (QED) is 0.621. The summed E-state index contributed by atoms with van der Waals surface area (Å²) in [7, 11) is 0. The topological polar surface area (TPSA) is 55.8 Å². The predicted molar refractivity (Wildman–Crippen MR) is 112 cm³/mol. The molecule has 0 saturated carbocycles. The molecule has 1 saturated heterocycles. The van der Waals surface area contributed by atoms with Crippen LogP contribution >= 0.6 is 11.8 Å². The zero-order valence-corrected chi connectivity index (χ0v) is 17.5. The van der Waals surface area contributed by atoms with Crippen molar-refractivity contribution in [3.63, 3.8) is 0 Å². The zero-order valence-electron chi connectivity index (χ0n) is 16.7. The second-order valence-electron chi connectivity index (χ2n) is 6.86. The van der Waals surface area contributed by atoms with Crippen LogP contribution in [0.2, 0.25) is 0 Å². The van der Waals surface area contributed by atoms with Crippen LogP contribution in [0.15, 0.2) is 42.5 Å². The minimum atomic E-state index is -0.427. The third kappa shape index (κ3) is 4.97. The molecule has 2 aromatic carbocycles. The summed E-state index contributed by atoms with van der Waals surface area (Å²) in [5.74, 6) is -0.412. The largest absolute Gasteiger partial charge is 0.457 e. The molecular weight excluding hydrogens is 393 g/mol. The van der Waals surface area contributed by atoms with Crippen molar-refractivity contribution in [1.82, 2.24) is 0 Å². The third-order valence-electron chi connectivity index (χ3n) is 4.58. The number of anilines is 1. The summed E-state index contributed by atoms with van der Waals surface area (Å²) in [6.45, 7) is 6.43. The molecule has 1 heterocycles. The van der Waals surface area contributed by atoms with E-state index >= 15 is 0 Å². The van der Waals surface area contributed by atoms with Gasteiger partial charge >= 0.3 is 5.97 Å². The maximum Gasteiger partial charge on any atom is 0.338 e. The molecule has 0 aliphatic carbocycles. The summed E-state index contributed by atoms with van der Waals surface area (Å²) >= 11 is 1.50. The van der Waals surface area contributed by atoms with E-state index in [0.717, 1.165) is 16.8 Å². The van der Waals surface area contributed by atoms with Crippen molar-refractivity contribution >= 4 is 29.3 Å². The van der Waals surface area contributed by atoms with Crippen LogP contribution in [-0.2, 0) is 14.3 Å². The van der Waals surface area contributed by atoms with Crippen LogP contribution in [0.4, 0.5) is 10.1 Å². The normalized spacial score (nSPS) is 17.4. The molecule has 154 valence electrons. The van der Waals surface area contributed by atoms with Crippen LogP contribution in [-0.4, -0.2) is 36.9 Å². The molecule has 29 heavy (non-hydrogen) atoms. The van der Waals surface area contributed by atoms with Crippen molar-refractivity contribution in [3.8, 4) is 0 Å². The number of amides is 1. The van der Waals surface area contributed by atoms with Crippen LogP contribution in [0.3, 0.4) is 0 Å². The molecule has 1 fully saturated rings. The Morgan fingerprint density at radius 3 is 2.66 bits per heavy atom. The molecule has 0 bridgehead atoms. The Balaban J connectivity index is 1.80. The van der Waals surface area contributed by atoms with E-state index in [1.807, 2.05) is 13.8 Å². The van der Waals surface area contributed by atoms with E-state index in [2.05, 4.69) is 0 Å². The molecule has 1 aliphatic rings. The Labute approximate surface area is 174 Å². The lowest BCUT2D eigenvalue weighted by Gasteiger charge is -2.26. The molecule has 2 unspecified atom stereocenters. The first-order valence-electron chi connectivity index (χ1n) is 9.49. The second-order valence-corrected chi connectivity index (χ2v) is 7.92. The highest BCUT2D eigenvalue weighted by atomic mass is 32.2. The van der Waals surface area contributed by atoms with Crippen LogP contribution in [0.1, 0.15) is 40.7 Å². The summed E-state index contributed by atoms with van der Waals surface area (Å²) in [5.41, 5.74) is 2.80. The highest BCUT2D eigenvalue weighted by Gasteiger charge is 2.35. The van der Waals surface area contributed by atoms with Crippen LogP contribution in [0.25, 0.3) is 0 Å². The molecule has 0 N–H and O–H groups in total. The number of rotatable bonds is 7. The van der Waals surface area contributed by atoms with Crippen molar-refractivity contribution in [1.29, 1.82) is 0 Å². The monoisotopic (exact) mass is 417 g/mol. The number of nitrogens with zero attached hydrogens (tertiary/aromatic N) is 1. The Morgan fingerprint density at radius 1 is 1.28 bits per heavy atom. The average Bonchev–Trinajstić information content (AvgIpc) is 3.08. The Bertz CT molecular complexity index is 887. The van der Waals surface area contributed by atoms with E-state index < -0.39 is 5.97 Å². The van der Waals surface area contributed by atoms with Gasteiger partial charge in [0.1, 0.15) is 17.3 Å². The number of hydrogen-bond donors (Lipinski definition) is 0. The van der Waals surface area contributed by atoms with E-state index in [9.17, 15) is 14.0 Å². The van der Waals surface area contributed by atoms with Crippen LogP contribution < -0.4 is 4.90 Å². The number of ether oxygens (including phenoxy) is 2. The van der Waals surface area contributed by atoms with Gasteiger partial charge in [-0.2, -0.15) is 0 Å². The highest BCUT2D eigenvalue weighted by molar-refractivity contribution is 8.00. The Morgan fingerprint density at radius 2 is 2.00 bits per heavy atom. The van der Waals surface area contributed by atoms with Crippen molar-refractivity contribution in [3.05, 3.63) is 65.0 Å². The number of hydrogen-bond acceptors (Lipinski definition) is 5. The highest BCUT2D eigenvalue weighted by Crippen LogP contribution is 2.42. The lowest BCUT2D eigenvalue weighted by molar-refractivity contribution is -0.115. The minimum absolute atomic E-state index is 0.0203. The number of halogens is 1. The molecule has 5 nitrogen and oxygen atoms in total. The van der Waals surface area contributed by atoms with E-state index in [1.165, 1.54) is 23.9 Å². The number of esters is 1. The van der Waals surface area contributed by atoms with E-state index in [4.69, 9.17) is 9.47 Å². The number of carbonyl (C=O) groups excluding carboxylic acids is 2. The van der Waals surface area contributed by atoms with Gasteiger partial charge < -0.3 is 9.47 Å². The van der Waals surface area contributed by atoms with Gasteiger partial charge in [0.2, 0.25) is 5.91 Å². The molecular formula is C22H24FNO4S. The van der Waals surface area contributed by atoms with Gasteiger partial charge in [-0.25, -0.2) is 9.18 Å². The maximum atomic E-state index is 13.3. The molecule has 2 atom stereocenters. The van der Waals surface area contributed by atoms with Crippen molar-refractivity contribution < 1.29 is 23.5 Å². The zero-order chi connectivity index (χ0) is 21.0. The fraction of sp³-hybridized carbons (Fsp3) is 0.364. The van der Waals surface area contributed by atoms with Gasteiger partial charge in [0.15, 0.2) is 0 Å². The van der Waals surface area contributed by atoms with Gasteiger partial charge in [0.25, 0.3) is 0 Å². The molecule has 0 aromatic heterocycles. The number of thioether (sulfide) groups is 1. The van der Waals surface area contributed by atoms with Crippen LogP contribution in [0.5, 0.6) is 0 Å². The predicted octanol–water partition coefficient (Wildman–Crippen LogP) is 4.49. The van der Waals surface area contributed by atoms with Gasteiger partial charge in [-0.15, -0.1) is 11.8 Å². The maximum absolute atomic E-state index is 13.3. The summed E-state index contributed by atoms with van der Waals surface area (Å²) in [5, 5.41) is -0.231. The smallest absolute Gasteiger partial charge is 0.338 e. The fourth-order valence-electron chi connectivity index (χ4n) is 3.18. The van der Waals surface area contributed by atoms with Gasteiger partial charge in [0.05, 0.1) is 17.9 Å². The van der Waals surface area contributed by atoms with Gasteiger partial charge in [-0.1, -0.05) is 12.1 Å². The summed E-state index contributed by atoms with van der Waals surface area (Å²) in [6.07, 6.45) is -0.346. The lowest BCUT2D eigenvalue weighted by atomic mass is 10.1. The van der Waals surface area contributed by atoms with Crippen LogP contribution in [0, 0.1) is 12.7 Å². The molecule has 1 amide bonds. The first-order chi connectivity index (χ1) is 13.9. The second kappa shape index (κ2) is 9.41. The van der Waals surface area contributed by atoms with E-state index in [0.29, 0.717) is 24.5 Å². The first-order valence-corrected chi connectivity index (χ1v) is 10.5. The fourth-order valence-corrected chi connectivity index (χ4v) is 4.35. The van der Waals surface area contributed by atoms with Crippen molar-refractivity contribution in [2.24, 2.45) is 0 Å². The summed E-state index contributed by atoms with van der Waals surface area (Å²) in [4.78, 5) is 26.7. The number of carbonyl (C=O) groups is 2. The van der Waals surface area contributed by atoms with Gasteiger partial charge in [0, 0.05) is 12.3 Å². The minimum Gasteiger partial charge on any atom is -0.457 e. The molecule has 7 heteroatoms. The molecule has 1 aliphatic heterocycles. The lowest BCUT2D eigenvalue weighted by Crippen LogP contribution is -2.28. The Hall–Kier alpha value is -2.38. The van der Waals surface area contributed by atoms with Crippen molar-refractivity contribution in [2.45, 2.75) is 32.2 Å². The number of benzene rings is 2. The number of aryl methyl sites for hydroxylation is 1. The molecule has 0 spiro atoms. The Kier molecular flexibility index (Phi) is 6.92. The van der Waals surface area contributed by atoms with E-state index in [1.54, 1.807) is 42.2 Å². The molecule has 0 radical (unpaired) electrons. The third-order valence-corrected chi connectivity index (χ3v) is 5.79. The van der Waals surface area contributed by atoms with Gasteiger partial charge in [-0.3, -0.25) is 9.69 Å².